The standard InChI is InChI=1S/C11H13NO2/c12-6-2-5-9-3-1-4-10(7-9)8-11(13)14/h1-4,6-7H,5,8,12H2,(H,13,14). The number of nitrogens with two attached hydrogens (primary N) is 1. The fraction of sp³-hybridized carbons (Fsp3) is 0.182. The maximum Gasteiger partial charge on any atom is 0.307 e. The van der Waals surface area contributed by atoms with Crippen LogP contribution in [0.3, 0.4) is 0 Å². The Bertz CT molecular complexity index is 345. The largest absolute Gasteiger partial charge is 0.481 e. The van der Waals surface area contributed by atoms with Crippen LogP contribution in [0.15, 0.2) is 36.5 Å². The Labute approximate surface area is 82.9 Å². The third-order valence-corrected chi connectivity index (χ3v) is 1.84. The molecule has 3 N–H and O–H groups in total. The van der Waals surface area contributed by atoms with Crippen LogP contribution in [-0.4, -0.2) is 11.1 Å². The molecule has 0 spiro atoms. The molecule has 0 saturated carbocycles. The van der Waals surface area contributed by atoms with Gasteiger partial charge in [-0.3, -0.25) is 4.79 Å². The number of rotatable bonds is 4. The zero-order valence-electron chi connectivity index (χ0n) is 7.81. The van der Waals surface area contributed by atoms with E-state index in [9.17, 15) is 4.79 Å². The summed E-state index contributed by atoms with van der Waals surface area (Å²) < 4.78 is 0. The molecule has 0 heterocycles. The van der Waals surface area contributed by atoms with Gasteiger partial charge in [-0.05, 0) is 23.7 Å². The van der Waals surface area contributed by atoms with Gasteiger partial charge in [-0.2, -0.15) is 0 Å². The summed E-state index contributed by atoms with van der Waals surface area (Å²) >= 11 is 0. The monoisotopic (exact) mass is 191 g/mol. The molecule has 0 unspecified atom stereocenters. The van der Waals surface area contributed by atoms with Crippen LogP contribution in [0.25, 0.3) is 0 Å². The predicted octanol–water partition coefficient (Wildman–Crippen LogP) is 1.33. The van der Waals surface area contributed by atoms with Crippen molar-refractivity contribution in [2.45, 2.75) is 12.8 Å². The summed E-state index contributed by atoms with van der Waals surface area (Å²) in [6.07, 6.45) is 4.13. The molecule has 0 amide bonds. The summed E-state index contributed by atoms with van der Waals surface area (Å²) in [7, 11) is 0. The highest BCUT2D eigenvalue weighted by atomic mass is 16.4. The van der Waals surface area contributed by atoms with Crippen LogP contribution >= 0.6 is 0 Å². The zero-order chi connectivity index (χ0) is 10.4. The molecule has 0 aromatic heterocycles. The van der Waals surface area contributed by atoms with E-state index in [4.69, 9.17) is 10.8 Å². The van der Waals surface area contributed by atoms with Crippen LogP contribution in [-0.2, 0) is 17.6 Å². The lowest BCUT2D eigenvalue weighted by atomic mass is 10.1. The normalized spacial score (nSPS) is 10.6. The maximum atomic E-state index is 10.5. The number of allylic oxidation sites excluding steroid dienone is 1. The average molecular weight is 191 g/mol. The molecular weight excluding hydrogens is 178 g/mol. The lowest BCUT2D eigenvalue weighted by Crippen LogP contribution is -2.00. The molecule has 1 aromatic rings. The molecule has 0 aliphatic carbocycles. The Hall–Kier alpha value is -1.77. The van der Waals surface area contributed by atoms with Crippen LogP contribution in [0.2, 0.25) is 0 Å². The van der Waals surface area contributed by atoms with Gasteiger partial charge in [0, 0.05) is 0 Å². The van der Waals surface area contributed by atoms with Crippen molar-refractivity contribution in [3.8, 4) is 0 Å². The van der Waals surface area contributed by atoms with Gasteiger partial charge >= 0.3 is 5.97 Å². The van der Waals surface area contributed by atoms with E-state index in [1.165, 1.54) is 6.20 Å². The van der Waals surface area contributed by atoms with E-state index in [1.54, 1.807) is 0 Å². The van der Waals surface area contributed by atoms with E-state index in [2.05, 4.69) is 0 Å². The fourth-order valence-electron chi connectivity index (χ4n) is 1.25. The maximum absolute atomic E-state index is 10.5. The minimum Gasteiger partial charge on any atom is -0.481 e. The van der Waals surface area contributed by atoms with Crippen molar-refractivity contribution in [2.75, 3.05) is 0 Å². The number of carboxylic acids is 1. The number of carboxylic acid groups (broad SMARTS) is 1. The Morgan fingerprint density at radius 3 is 2.79 bits per heavy atom. The van der Waals surface area contributed by atoms with Gasteiger partial charge in [0.15, 0.2) is 0 Å². The molecule has 0 aliphatic heterocycles. The molecule has 0 saturated heterocycles. The summed E-state index contributed by atoms with van der Waals surface area (Å²) in [6.45, 7) is 0. The highest BCUT2D eigenvalue weighted by molar-refractivity contribution is 5.70. The first-order valence-electron chi connectivity index (χ1n) is 4.38. The second kappa shape index (κ2) is 5.07. The molecule has 0 bridgehead atoms. The van der Waals surface area contributed by atoms with Crippen LogP contribution in [0, 0.1) is 0 Å². The van der Waals surface area contributed by atoms with Crippen molar-refractivity contribution in [1.82, 2.24) is 0 Å². The van der Waals surface area contributed by atoms with Crippen molar-refractivity contribution in [3.05, 3.63) is 47.7 Å². The van der Waals surface area contributed by atoms with E-state index in [0.29, 0.717) is 0 Å². The van der Waals surface area contributed by atoms with Crippen molar-refractivity contribution in [2.24, 2.45) is 5.73 Å². The highest BCUT2D eigenvalue weighted by Crippen LogP contribution is 2.07. The van der Waals surface area contributed by atoms with Crippen LogP contribution in [0.1, 0.15) is 11.1 Å². The summed E-state index contributed by atoms with van der Waals surface area (Å²) in [5.74, 6) is -0.809. The van der Waals surface area contributed by atoms with Gasteiger partial charge in [0.25, 0.3) is 0 Å². The SMILES string of the molecule is NC=CCc1cccc(CC(=O)O)c1. The summed E-state index contributed by atoms with van der Waals surface area (Å²) in [5.41, 5.74) is 7.11. The smallest absolute Gasteiger partial charge is 0.307 e. The van der Waals surface area contributed by atoms with E-state index in [-0.39, 0.29) is 6.42 Å². The lowest BCUT2D eigenvalue weighted by Gasteiger charge is -2.00. The minimum atomic E-state index is -0.809. The van der Waals surface area contributed by atoms with Gasteiger partial charge in [0.1, 0.15) is 0 Å². The average Bonchev–Trinajstić information content (AvgIpc) is 2.14. The molecule has 0 radical (unpaired) electrons. The number of hydrogen-bond acceptors (Lipinski definition) is 2. The van der Waals surface area contributed by atoms with Crippen LogP contribution < -0.4 is 5.73 Å². The van der Waals surface area contributed by atoms with Gasteiger partial charge in [-0.25, -0.2) is 0 Å². The van der Waals surface area contributed by atoms with E-state index < -0.39 is 5.97 Å². The number of carbonyl (C=O) groups is 1. The second-order valence-electron chi connectivity index (χ2n) is 3.02. The Kier molecular flexibility index (Phi) is 3.73. The van der Waals surface area contributed by atoms with Crippen LogP contribution in [0.5, 0.6) is 0 Å². The summed E-state index contributed by atoms with van der Waals surface area (Å²) in [4.78, 5) is 10.5. The Morgan fingerprint density at radius 1 is 1.43 bits per heavy atom. The van der Waals surface area contributed by atoms with Gasteiger partial charge in [0.05, 0.1) is 6.42 Å². The number of aliphatic carboxylic acids is 1. The quantitative estimate of drug-likeness (QED) is 0.754. The highest BCUT2D eigenvalue weighted by Gasteiger charge is 2.00. The molecule has 74 valence electrons. The second-order valence-corrected chi connectivity index (χ2v) is 3.02. The van der Waals surface area contributed by atoms with E-state index >= 15 is 0 Å². The molecule has 0 fully saturated rings. The topological polar surface area (TPSA) is 63.3 Å². The molecule has 0 aliphatic rings. The third kappa shape index (κ3) is 3.31. The van der Waals surface area contributed by atoms with Crippen LogP contribution in [0.4, 0.5) is 0 Å². The van der Waals surface area contributed by atoms with Gasteiger partial charge in [-0.15, -0.1) is 0 Å². The summed E-state index contributed by atoms with van der Waals surface area (Å²) in [6, 6.07) is 7.50. The molecular formula is C11H13NO2. The van der Waals surface area contributed by atoms with Gasteiger partial charge < -0.3 is 10.8 Å². The molecule has 1 aromatic carbocycles. The Morgan fingerprint density at radius 2 is 2.14 bits per heavy atom. The van der Waals surface area contributed by atoms with E-state index in [1.807, 2.05) is 30.3 Å². The first kappa shape index (κ1) is 10.3. The molecule has 3 heteroatoms. The molecule has 1 rings (SSSR count). The number of hydrogen-bond donors (Lipinski definition) is 2. The zero-order valence-corrected chi connectivity index (χ0v) is 7.81. The predicted molar refractivity (Wildman–Crippen MR) is 54.8 cm³/mol. The minimum absolute atomic E-state index is 0.0696. The summed E-state index contributed by atoms with van der Waals surface area (Å²) in [5, 5.41) is 8.60. The number of benzene rings is 1. The van der Waals surface area contributed by atoms with Crippen molar-refractivity contribution in [3.63, 3.8) is 0 Å². The van der Waals surface area contributed by atoms with Crippen molar-refractivity contribution < 1.29 is 9.90 Å². The first-order chi connectivity index (χ1) is 6.72. The first-order valence-corrected chi connectivity index (χ1v) is 4.38. The van der Waals surface area contributed by atoms with Crippen molar-refractivity contribution in [1.29, 1.82) is 0 Å². The fourth-order valence-corrected chi connectivity index (χ4v) is 1.25. The Balaban J connectivity index is 2.73. The van der Waals surface area contributed by atoms with Gasteiger partial charge in [-0.1, -0.05) is 30.3 Å². The lowest BCUT2D eigenvalue weighted by molar-refractivity contribution is -0.136. The van der Waals surface area contributed by atoms with Gasteiger partial charge in [0.2, 0.25) is 0 Å². The molecule has 14 heavy (non-hydrogen) atoms. The molecule has 3 nitrogen and oxygen atoms in total. The van der Waals surface area contributed by atoms with E-state index in [0.717, 1.165) is 17.5 Å². The van der Waals surface area contributed by atoms with Crippen molar-refractivity contribution >= 4 is 5.97 Å². The third-order valence-electron chi connectivity index (χ3n) is 1.84. The molecule has 0 atom stereocenters.